The Hall–Kier alpha value is -5.46. The first-order valence-electron chi connectivity index (χ1n) is 14.5. The molecular formula is C32H36N6O7. The summed E-state index contributed by atoms with van der Waals surface area (Å²) >= 11 is 0. The number of H-pyrrole nitrogens is 1. The highest BCUT2D eigenvalue weighted by Crippen LogP contribution is 2.28. The Labute approximate surface area is 260 Å². The standard InChI is InChI=1S/C32H36N6O7/c1-4-13-34-31(42)25-16-35-28(20(25)3)29(36-17-33)38(26-15-22(8-5-19(26)2)30(41)37-23-9-10-23)32(43)45-18-44-27(40)14-21-6-11-24(39)12-7-21/h5-8,11-12,15-17,23,33,35,39H,4,9-10,13-14,18H2,1-3H3,(H,34,42)(H,37,41)/b33-17?,36-29+. The van der Waals surface area contributed by atoms with Crippen molar-refractivity contribution in [1.82, 2.24) is 15.6 Å². The number of rotatable bonds is 12. The maximum absolute atomic E-state index is 13.8. The van der Waals surface area contributed by atoms with E-state index in [4.69, 9.17) is 14.9 Å². The van der Waals surface area contributed by atoms with E-state index in [9.17, 15) is 24.3 Å². The molecule has 0 unspecified atom stereocenters. The monoisotopic (exact) mass is 616 g/mol. The molecule has 0 saturated heterocycles. The molecule has 0 atom stereocenters. The third-order valence-corrected chi connectivity index (χ3v) is 7.04. The molecule has 3 aromatic rings. The van der Waals surface area contributed by atoms with Gasteiger partial charge >= 0.3 is 12.1 Å². The van der Waals surface area contributed by atoms with Crippen LogP contribution in [0.1, 0.15) is 69.3 Å². The second-order valence-corrected chi connectivity index (χ2v) is 10.5. The van der Waals surface area contributed by atoms with E-state index in [1.807, 2.05) is 6.92 Å². The van der Waals surface area contributed by atoms with Gasteiger partial charge in [0, 0.05) is 24.3 Å². The molecule has 5 N–H and O–H groups in total. The van der Waals surface area contributed by atoms with Crippen LogP contribution in [0.25, 0.3) is 0 Å². The molecule has 1 aliphatic carbocycles. The number of phenolic OH excluding ortho intramolecular Hbond substituents is 1. The van der Waals surface area contributed by atoms with Crippen LogP contribution in [0, 0.1) is 19.3 Å². The number of nitrogens with one attached hydrogen (secondary N) is 4. The van der Waals surface area contributed by atoms with E-state index < -0.39 is 18.9 Å². The summed E-state index contributed by atoms with van der Waals surface area (Å²) < 4.78 is 10.5. The van der Waals surface area contributed by atoms with Crippen LogP contribution in [0.2, 0.25) is 0 Å². The minimum Gasteiger partial charge on any atom is -0.508 e. The molecule has 2 aromatic carbocycles. The van der Waals surface area contributed by atoms with Gasteiger partial charge in [0.15, 0.2) is 5.84 Å². The Morgan fingerprint density at radius 1 is 1.09 bits per heavy atom. The summed E-state index contributed by atoms with van der Waals surface area (Å²) in [5.74, 6) is -1.34. The summed E-state index contributed by atoms with van der Waals surface area (Å²) in [5, 5.41) is 22.9. The van der Waals surface area contributed by atoms with Crippen LogP contribution in [0.4, 0.5) is 10.5 Å². The minimum atomic E-state index is -1.01. The highest BCUT2D eigenvalue weighted by atomic mass is 16.7. The molecule has 1 saturated carbocycles. The summed E-state index contributed by atoms with van der Waals surface area (Å²) in [7, 11) is 0. The van der Waals surface area contributed by atoms with Crippen molar-refractivity contribution in [1.29, 1.82) is 5.41 Å². The topological polar surface area (TPSA) is 186 Å². The fourth-order valence-corrected chi connectivity index (χ4v) is 4.42. The Kier molecular flexibility index (Phi) is 10.7. The lowest BCUT2D eigenvalue weighted by molar-refractivity contribution is -0.150. The van der Waals surface area contributed by atoms with E-state index in [0.29, 0.717) is 28.8 Å². The molecule has 0 bridgehead atoms. The minimum absolute atomic E-state index is 0.0546. The van der Waals surface area contributed by atoms with Crippen LogP contribution < -0.4 is 15.5 Å². The molecule has 236 valence electrons. The molecule has 4 rings (SSSR count). The van der Waals surface area contributed by atoms with Crippen LogP contribution >= 0.6 is 0 Å². The van der Waals surface area contributed by atoms with Crippen molar-refractivity contribution in [2.45, 2.75) is 52.5 Å². The quantitative estimate of drug-likeness (QED) is 0.0877. The molecule has 0 radical (unpaired) electrons. The van der Waals surface area contributed by atoms with E-state index in [-0.39, 0.29) is 52.8 Å². The maximum atomic E-state index is 13.8. The van der Waals surface area contributed by atoms with Crippen LogP contribution in [0.3, 0.4) is 0 Å². The van der Waals surface area contributed by atoms with Crippen molar-refractivity contribution in [2.75, 3.05) is 18.2 Å². The molecule has 0 spiro atoms. The van der Waals surface area contributed by atoms with E-state index >= 15 is 0 Å². The van der Waals surface area contributed by atoms with Gasteiger partial charge in [0.1, 0.15) is 12.1 Å². The summed E-state index contributed by atoms with van der Waals surface area (Å²) in [6.07, 6.45) is 3.62. The molecular weight excluding hydrogens is 580 g/mol. The van der Waals surface area contributed by atoms with Gasteiger partial charge in [0.2, 0.25) is 6.79 Å². The predicted octanol–water partition coefficient (Wildman–Crippen LogP) is 4.11. The Morgan fingerprint density at radius 3 is 2.49 bits per heavy atom. The lowest BCUT2D eigenvalue weighted by Gasteiger charge is -2.25. The molecule has 1 heterocycles. The van der Waals surface area contributed by atoms with E-state index in [0.717, 1.165) is 30.5 Å². The number of anilines is 1. The molecule has 45 heavy (non-hydrogen) atoms. The Bertz CT molecular complexity index is 1610. The number of phenols is 1. The number of carbonyl (C=O) groups excluding carboxylic acids is 4. The van der Waals surface area contributed by atoms with Gasteiger partial charge in [-0.2, -0.15) is 0 Å². The molecule has 3 amide bonds. The summed E-state index contributed by atoms with van der Waals surface area (Å²) in [6, 6.07) is 10.9. The maximum Gasteiger partial charge on any atom is 0.423 e. The number of hydrogen-bond acceptors (Lipinski definition) is 8. The first-order chi connectivity index (χ1) is 21.6. The van der Waals surface area contributed by atoms with Crippen molar-refractivity contribution in [3.63, 3.8) is 0 Å². The zero-order valence-corrected chi connectivity index (χ0v) is 25.3. The molecule has 0 aliphatic heterocycles. The molecule has 13 nitrogen and oxygen atoms in total. The number of aromatic hydroxyl groups is 1. The number of carbonyl (C=O) groups is 4. The predicted molar refractivity (Wildman–Crippen MR) is 167 cm³/mol. The average molecular weight is 617 g/mol. The highest BCUT2D eigenvalue weighted by molar-refractivity contribution is 6.24. The number of aliphatic imine (C=N–C) groups is 1. The number of amides is 3. The normalized spacial score (nSPS) is 12.6. The highest BCUT2D eigenvalue weighted by Gasteiger charge is 2.31. The lowest BCUT2D eigenvalue weighted by atomic mass is 10.1. The van der Waals surface area contributed by atoms with E-state index in [1.54, 1.807) is 38.1 Å². The van der Waals surface area contributed by atoms with Crippen molar-refractivity contribution in [2.24, 2.45) is 4.99 Å². The molecule has 1 aliphatic rings. The second kappa shape index (κ2) is 14.8. The number of aromatic amines is 1. The lowest BCUT2D eigenvalue weighted by Crippen LogP contribution is -2.40. The fourth-order valence-electron chi connectivity index (χ4n) is 4.42. The van der Waals surface area contributed by atoms with Gasteiger partial charge in [0.25, 0.3) is 11.8 Å². The number of hydrogen-bond donors (Lipinski definition) is 5. The fraction of sp³-hybridized carbons (Fsp3) is 0.312. The number of ether oxygens (including phenoxy) is 2. The second-order valence-electron chi connectivity index (χ2n) is 10.5. The number of nitrogens with zero attached hydrogens (tertiary/aromatic N) is 2. The number of aromatic nitrogens is 1. The third-order valence-electron chi connectivity index (χ3n) is 7.04. The zero-order chi connectivity index (χ0) is 32.5. The smallest absolute Gasteiger partial charge is 0.423 e. The Balaban J connectivity index is 1.65. The molecule has 1 aromatic heterocycles. The van der Waals surface area contributed by atoms with E-state index in [1.165, 1.54) is 24.4 Å². The van der Waals surface area contributed by atoms with Crippen molar-refractivity contribution < 1.29 is 33.8 Å². The number of amidine groups is 1. The van der Waals surface area contributed by atoms with Gasteiger partial charge in [-0.3, -0.25) is 19.8 Å². The zero-order valence-electron chi connectivity index (χ0n) is 25.3. The van der Waals surface area contributed by atoms with Gasteiger partial charge in [-0.1, -0.05) is 25.1 Å². The largest absolute Gasteiger partial charge is 0.508 e. The van der Waals surface area contributed by atoms with Crippen molar-refractivity contribution >= 4 is 41.7 Å². The molecule has 13 heteroatoms. The Morgan fingerprint density at radius 2 is 1.82 bits per heavy atom. The van der Waals surface area contributed by atoms with Gasteiger partial charge in [0.05, 0.1) is 23.4 Å². The van der Waals surface area contributed by atoms with Crippen LogP contribution in [0.15, 0.2) is 53.7 Å². The van der Waals surface area contributed by atoms with Gasteiger partial charge in [-0.15, -0.1) is 0 Å². The first-order valence-corrected chi connectivity index (χ1v) is 14.5. The van der Waals surface area contributed by atoms with Gasteiger partial charge < -0.3 is 30.2 Å². The van der Waals surface area contributed by atoms with Crippen LogP contribution in [-0.4, -0.2) is 65.5 Å². The summed E-state index contributed by atoms with van der Waals surface area (Å²) in [5.41, 5.74) is 2.72. The van der Waals surface area contributed by atoms with Crippen LogP contribution in [0.5, 0.6) is 5.75 Å². The number of aryl methyl sites for hydroxylation is 1. The summed E-state index contributed by atoms with van der Waals surface area (Å²) in [4.78, 5) is 60.1. The molecule has 1 fully saturated rings. The van der Waals surface area contributed by atoms with Gasteiger partial charge in [-0.05, 0) is 74.1 Å². The first kappa shape index (κ1) is 32.5. The summed E-state index contributed by atoms with van der Waals surface area (Å²) in [6.45, 7) is 5.06. The average Bonchev–Trinajstić information content (AvgIpc) is 3.75. The third kappa shape index (κ3) is 8.34. The number of esters is 1. The number of benzene rings is 2. The van der Waals surface area contributed by atoms with Crippen LogP contribution in [-0.2, 0) is 20.7 Å². The van der Waals surface area contributed by atoms with Gasteiger partial charge in [-0.25, -0.2) is 14.7 Å². The van der Waals surface area contributed by atoms with E-state index in [2.05, 4.69) is 20.6 Å². The SMILES string of the molecule is CCCNC(=O)c1c[nH]c(/C(=N\C=N)N(C(=O)OCOC(=O)Cc2ccc(O)cc2)c2cc(C(=O)NC3CC3)ccc2C)c1C. The van der Waals surface area contributed by atoms with Crippen molar-refractivity contribution in [3.8, 4) is 5.75 Å². The van der Waals surface area contributed by atoms with Crippen molar-refractivity contribution in [3.05, 3.63) is 82.2 Å².